The van der Waals surface area contributed by atoms with E-state index >= 15 is 0 Å². The minimum absolute atomic E-state index is 0.160. The zero-order chi connectivity index (χ0) is 23.3. The van der Waals surface area contributed by atoms with Gasteiger partial charge in [0.15, 0.2) is 0 Å². The molecule has 168 valence electrons. The van der Waals surface area contributed by atoms with Crippen molar-refractivity contribution in [1.29, 1.82) is 0 Å². The average Bonchev–Trinajstić information content (AvgIpc) is 3.11. The molecular formula is C25H28N2O4S. The van der Waals surface area contributed by atoms with E-state index in [9.17, 15) is 18.3 Å². The molecule has 4 N–H and O–H groups in total. The zero-order valence-corrected chi connectivity index (χ0v) is 19.1. The van der Waals surface area contributed by atoms with Gasteiger partial charge in [-0.25, -0.2) is 8.42 Å². The average molecular weight is 453 g/mol. The number of primary amides is 1. The molecule has 0 saturated heterocycles. The highest BCUT2D eigenvalue weighted by Crippen LogP contribution is 2.49. The van der Waals surface area contributed by atoms with Crippen molar-refractivity contribution in [2.24, 2.45) is 11.7 Å². The molecule has 0 spiro atoms. The molecule has 6 nitrogen and oxygen atoms in total. The summed E-state index contributed by atoms with van der Waals surface area (Å²) < 4.78 is 26.3. The van der Waals surface area contributed by atoms with Crippen molar-refractivity contribution in [2.45, 2.75) is 45.1 Å². The van der Waals surface area contributed by atoms with Crippen molar-refractivity contribution in [3.8, 4) is 11.1 Å². The Hall–Kier alpha value is -2.90. The van der Waals surface area contributed by atoms with E-state index in [1.165, 1.54) is 11.1 Å². The number of sulfonamides is 1. The standard InChI is InChI=1S/C25H28N2O4S/c1-4-32(30,31)27-18-7-5-6-15(13-18)19-10-11-21(24(26)28)22-14-16-12-17(25(2,3)29)8-9-20(16)23(19)22/h4-7,10-11,13,17,27,29H,1,8-9,12,14H2,2-3H3,(H2,26,28)/t17-/m1/s1. The molecule has 2 aliphatic rings. The molecule has 2 aromatic carbocycles. The quantitative estimate of drug-likeness (QED) is 0.610. The molecule has 0 aliphatic heterocycles. The molecule has 0 fully saturated rings. The zero-order valence-electron chi connectivity index (χ0n) is 18.3. The van der Waals surface area contributed by atoms with Crippen molar-refractivity contribution < 1.29 is 18.3 Å². The normalized spacial score (nSPS) is 18.2. The number of aliphatic hydroxyl groups is 1. The van der Waals surface area contributed by atoms with Crippen molar-refractivity contribution in [2.75, 3.05) is 4.72 Å². The number of anilines is 1. The number of nitrogens with one attached hydrogen (secondary N) is 1. The number of carbonyl (C=O) groups is 1. The van der Waals surface area contributed by atoms with Crippen LogP contribution in [-0.4, -0.2) is 25.0 Å². The molecule has 0 radical (unpaired) electrons. The van der Waals surface area contributed by atoms with E-state index in [0.717, 1.165) is 46.9 Å². The lowest BCUT2D eigenvalue weighted by atomic mass is 9.76. The summed E-state index contributed by atoms with van der Waals surface area (Å²) in [5.41, 5.74) is 12.1. The van der Waals surface area contributed by atoms with Gasteiger partial charge >= 0.3 is 0 Å². The molecule has 0 bridgehead atoms. The summed E-state index contributed by atoms with van der Waals surface area (Å²) in [6.07, 6.45) is 3.10. The van der Waals surface area contributed by atoms with Crippen LogP contribution in [-0.2, 0) is 16.4 Å². The number of rotatable bonds is 6. The van der Waals surface area contributed by atoms with Crippen molar-refractivity contribution in [3.05, 3.63) is 70.6 Å². The first kappa shape index (κ1) is 22.3. The molecule has 2 aliphatic carbocycles. The van der Waals surface area contributed by atoms with E-state index in [-0.39, 0.29) is 5.92 Å². The molecule has 7 heteroatoms. The predicted molar refractivity (Wildman–Crippen MR) is 127 cm³/mol. The van der Waals surface area contributed by atoms with Gasteiger partial charge in [0.1, 0.15) is 0 Å². The van der Waals surface area contributed by atoms with Gasteiger partial charge in [-0.1, -0.05) is 30.4 Å². The molecule has 0 saturated carbocycles. The van der Waals surface area contributed by atoms with Crippen LogP contribution < -0.4 is 10.5 Å². The Morgan fingerprint density at radius 1 is 1.28 bits per heavy atom. The van der Waals surface area contributed by atoms with E-state index in [1.807, 2.05) is 26.0 Å². The maximum absolute atomic E-state index is 12.2. The van der Waals surface area contributed by atoms with E-state index in [2.05, 4.69) is 11.3 Å². The fraction of sp³-hybridized carbons (Fsp3) is 0.320. The van der Waals surface area contributed by atoms with Crippen LogP contribution in [0.25, 0.3) is 16.7 Å². The lowest BCUT2D eigenvalue weighted by Gasteiger charge is -2.33. The Morgan fingerprint density at radius 2 is 2.03 bits per heavy atom. The van der Waals surface area contributed by atoms with E-state index in [1.54, 1.807) is 24.3 Å². The van der Waals surface area contributed by atoms with E-state index in [0.29, 0.717) is 17.7 Å². The van der Waals surface area contributed by atoms with Gasteiger partial charge in [-0.3, -0.25) is 9.52 Å². The highest BCUT2D eigenvalue weighted by atomic mass is 32.2. The van der Waals surface area contributed by atoms with Crippen LogP contribution in [0.2, 0.25) is 0 Å². The third-order valence-electron chi connectivity index (χ3n) is 6.58. The molecule has 0 heterocycles. The largest absolute Gasteiger partial charge is 0.390 e. The Kier molecular flexibility index (Phi) is 5.51. The summed E-state index contributed by atoms with van der Waals surface area (Å²) >= 11 is 0. The predicted octanol–water partition coefficient (Wildman–Crippen LogP) is 4.22. The van der Waals surface area contributed by atoms with E-state index in [4.69, 9.17) is 5.73 Å². The second-order valence-electron chi connectivity index (χ2n) is 9.13. The third kappa shape index (κ3) is 4.10. The minimum Gasteiger partial charge on any atom is -0.390 e. The minimum atomic E-state index is -3.62. The second kappa shape index (κ2) is 7.90. The maximum Gasteiger partial charge on any atom is 0.254 e. The Balaban J connectivity index is 1.82. The number of amides is 1. The highest BCUT2D eigenvalue weighted by molar-refractivity contribution is 7.95. The van der Waals surface area contributed by atoms with Gasteiger partial charge in [-0.05, 0) is 91.5 Å². The molecule has 32 heavy (non-hydrogen) atoms. The smallest absolute Gasteiger partial charge is 0.254 e. The Morgan fingerprint density at radius 3 is 2.69 bits per heavy atom. The van der Waals surface area contributed by atoms with Gasteiger partial charge in [0.2, 0.25) is 5.91 Å². The number of hydrogen-bond donors (Lipinski definition) is 3. The molecule has 4 rings (SSSR count). The van der Waals surface area contributed by atoms with Crippen LogP contribution in [0.3, 0.4) is 0 Å². The second-order valence-corrected chi connectivity index (χ2v) is 10.8. The number of allylic oxidation sites excluding steroid dienone is 2. The Labute approximate surface area is 188 Å². The molecule has 1 amide bonds. The van der Waals surface area contributed by atoms with Crippen molar-refractivity contribution in [3.63, 3.8) is 0 Å². The summed E-state index contributed by atoms with van der Waals surface area (Å²) in [6, 6.07) is 10.8. The van der Waals surface area contributed by atoms with Crippen LogP contribution in [0.15, 0.2) is 54.0 Å². The first-order valence-electron chi connectivity index (χ1n) is 10.6. The summed E-state index contributed by atoms with van der Waals surface area (Å²) in [5.74, 6) is -0.299. The number of benzene rings is 2. The fourth-order valence-corrected chi connectivity index (χ4v) is 5.46. The van der Waals surface area contributed by atoms with Gasteiger partial charge in [-0.15, -0.1) is 0 Å². The SMILES string of the molecule is C=CS(=O)(=O)Nc1cccc(-c2ccc(C(N)=O)c3c2C2=C(C3)C[C@H](C(C)(C)O)CC2)c1. The number of hydrogen-bond acceptors (Lipinski definition) is 4. The molecule has 0 unspecified atom stereocenters. The van der Waals surface area contributed by atoms with Crippen molar-refractivity contribution >= 4 is 27.2 Å². The van der Waals surface area contributed by atoms with Crippen LogP contribution in [0.4, 0.5) is 5.69 Å². The number of fused-ring (bicyclic) bond motifs is 2. The summed E-state index contributed by atoms with van der Waals surface area (Å²) in [5, 5.41) is 11.4. The van der Waals surface area contributed by atoms with Crippen molar-refractivity contribution in [1.82, 2.24) is 0 Å². The lowest BCUT2D eigenvalue weighted by molar-refractivity contribution is 0.0123. The van der Waals surface area contributed by atoms with Crippen LogP contribution in [0.1, 0.15) is 54.6 Å². The van der Waals surface area contributed by atoms with E-state index < -0.39 is 21.5 Å². The third-order valence-corrected chi connectivity index (χ3v) is 7.54. The monoisotopic (exact) mass is 452 g/mol. The molecule has 1 atom stereocenters. The Bertz CT molecular complexity index is 1250. The molecule has 2 aromatic rings. The maximum atomic E-state index is 12.2. The van der Waals surface area contributed by atoms with Crippen LogP contribution in [0, 0.1) is 5.92 Å². The first-order chi connectivity index (χ1) is 15.0. The van der Waals surface area contributed by atoms with Gasteiger partial charge in [0.25, 0.3) is 10.0 Å². The molecule has 0 aromatic heterocycles. The van der Waals surface area contributed by atoms with Gasteiger partial charge in [0, 0.05) is 16.7 Å². The summed E-state index contributed by atoms with van der Waals surface area (Å²) in [6.45, 7) is 7.03. The molecular weight excluding hydrogens is 424 g/mol. The number of carbonyl (C=O) groups excluding carboxylic acids is 1. The fourth-order valence-electron chi connectivity index (χ4n) is 4.92. The van der Waals surface area contributed by atoms with Crippen LogP contribution in [0.5, 0.6) is 0 Å². The lowest BCUT2D eigenvalue weighted by Crippen LogP contribution is -2.32. The van der Waals surface area contributed by atoms with Gasteiger partial charge in [0.05, 0.1) is 5.60 Å². The first-order valence-corrected chi connectivity index (χ1v) is 12.2. The summed E-state index contributed by atoms with van der Waals surface area (Å²) in [7, 11) is -3.62. The summed E-state index contributed by atoms with van der Waals surface area (Å²) in [4.78, 5) is 12.2. The van der Waals surface area contributed by atoms with Gasteiger partial charge < -0.3 is 10.8 Å². The highest BCUT2D eigenvalue weighted by Gasteiger charge is 2.37. The van der Waals surface area contributed by atoms with Crippen LogP contribution >= 0.6 is 0 Å². The van der Waals surface area contributed by atoms with Gasteiger partial charge in [-0.2, -0.15) is 0 Å². The number of nitrogens with two attached hydrogens (primary N) is 1. The topological polar surface area (TPSA) is 109 Å².